The molecule has 0 atom stereocenters. The van der Waals surface area contributed by atoms with Crippen LogP contribution >= 0.6 is 0 Å². The largest absolute Gasteiger partial charge is 0.347 e. The highest BCUT2D eigenvalue weighted by Crippen LogP contribution is 2.31. The summed E-state index contributed by atoms with van der Waals surface area (Å²) in [6.45, 7) is 13.9. The van der Waals surface area contributed by atoms with Crippen LogP contribution in [0.2, 0.25) is 0 Å². The number of amides is 2. The summed E-state index contributed by atoms with van der Waals surface area (Å²) in [6.07, 6.45) is 0.917. The SMILES string of the molecule is Cc1cc(C)c(C)c(S(=O)(=O)N2CCC(C(=O)Nc3ccc(C(=O)NC(C)(C)C)cc3)CC2)c1C. The van der Waals surface area contributed by atoms with Crippen LogP contribution in [0.1, 0.15) is 66.2 Å². The average molecular weight is 500 g/mol. The van der Waals surface area contributed by atoms with Crippen LogP contribution in [0, 0.1) is 33.6 Å². The monoisotopic (exact) mass is 499 g/mol. The molecule has 1 aliphatic rings. The fourth-order valence-corrected chi connectivity index (χ4v) is 6.46. The third-order valence-electron chi connectivity index (χ3n) is 6.62. The Morgan fingerprint density at radius 1 is 0.914 bits per heavy atom. The number of piperidine rings is 1. The summed E-state index contributed by atoms with van der Waals surface area (Å²) in [6, 6.07) is 8.80. The third kappa shape index (κ3) is 6.11. The van der Waals surface area contributed by atoms with Crippen LogP contribution in [0.15, 0.2) is 35.2 Å². The van der Waals surface area contributed by atoms with Crippen LogP contribution in [0.4, 0.5) is 5.69 Å². The number of aryl methyl sites for hydroxylation is 2. The molecule has 2 aromatic carbocycles. The van der Waals surface area contributed by atoms with Crippen molar-refractivity contribution < 1.29 is 18.0 Å². The molecule has 0 unspecified atom stereocenters. The van der Waals surface area contributed by atoms with E-state index in [1.807, 2.05) is 54.5 Å². The van der Waals surface area contributed by atoms with Crippen LogP contribution in [-0.4, -0.2) is 43.2 Å². The van der Waals surface area contributed by atoms with Gasteiger partial charge in [0.2, 0.25) is 15.9 Å². The van der Waals surface area contributed by atoms with E-state index in [9.17, 15) is 18.0 Å². The van der Waals surface area contributed by atoms with Crippen molar-refractivity contribution >= 4 is 27.5 Å². The second-order valence-electron chi connectivity index (χ2n) is 10.5. The van der Waals surface area contributed by atoms with Crippen LogP contribution in [0.5, 0.6) is 0 Å². The predicted octanol–water partition coefficient (Wildman–Crippen LogP) is 4.49. The first-order valence-electron chi connectivity index (χ1n) is 12.0. The Bertz CT molecular complexity index is 1190. The standard InChI is InChI=1S/C27H37N3O4S/c1-17-16-18(2)20(4)24(19(17)3)35(33,34)30-14-12-22(13-15-30)25(31)28-23-10-8-21(9-11-23)26(32)29-27(5,6)7/h8-11,16,22H,12-15H2,1-7H3,(H,28,31)(H,29,32). The molecule has 1 aliphatic heterocycles. The fraction of sp³-hybridized carbons (Fsp3) is 0.481. The summed E-state index contributed by atoms with van der Waals surface area (Å²) in [5.74, 6) is -0.572. The minimum atomic E-state index is -3.64. The van der Waals surface area contributed by atoms with Gasteiger partial charge in [0.15, 0.2) is 0 Å². The molecular formula is C27H37N3O4S. The Morgan fingerprint density at radius 3 is 1.91 bits per heavy atom. The number of sulfonamides is 1. The zero-order chi connectivity index (χ0) is 26.1. The topological polar surface area (TPSA) is 95.6 Å². The Balaban J connectivity index is 1.63. The van der Waals surface area contributed by atoms with E-state index in [0.29, 0.717) is 42.1 Å². The molecule has 1 fully saturated rings. The zero-order valence-corrected chi connectivity index (χ0v) is 22.6. The van der Waals surface area contributed by atoms with Gasteiger partial charge in [-0.25, -0.2) is 8.42 Å². The van der Waals surface area contributed by atoms with E-state index in [2.05, 4.69) is 10.6 Å². The van der Waals surface area contributed by atoms with Crippen LogP contribution in [-0.2, 0) is 14.8 Å². The van der Waals surface area contributed by atoms with Crippen molar-refractivity contribution in [1.82, 2.24) is 9.62 Å². The third-order valence-corrected chi connectivity index (χ3v) is 8.80. The Labute approximate surface area is 209 Å². The Kier molecular flexibility index (Phi) is 7.77. The Morgan fingerprint density at radius 2 is 1.43 bits per heavy atom. The van der Waals surface area contributed by atoms with Gasteiger partial charge < -0.3 is 10.6 Å². The van der Waals surface area contributed by atoms with Crippen molar-refractivity contribution in [3.05, 3.63) is 58.1 Å². The molecule has 0 bridgehead atoms. The number of rotatable bonds is 5. The van der Waals surface area contributed by atoms with Gasteiger partial charge in [0.05, 0.1) is 4.90 Å². The van der Waals surface area contributed by atoms with E-state index in [0.717, 1.165) is 22.3 Å². The molecule has 7 nitrogen and oxygen atoms in total. The number of nitrogens with one attached hydrogen (secondary N) is 2. The molecule has 3 rings (SSSR count). The number of benzene rings is 2. The van der Waals surface area contributed by atoms with Gasteiger partial charge in [0.25, 0.3) is 5.91 Å². The lowest BCUT2D eigenvalue weighted by molar-refractivity contribution is -0.120. The summed E-state index contributed by atoms with van der Waals surface area (Å²) in [5.41, 5.74) is 4.29. The van der Waals surface area contributed by atoms with Gasteiger partial charge in [0, 0.05) is 35.8 Å². The molecule has 1 heterocycles. The van der Waals surface area contributed by atoms with Gasteiger partial charge >= 0.3 is 0 Å². The lowest BCUT2D eigenvalue weighted by atomic mass is 9.97. The number of nitrogens with zero attached hydrogens (tertiary/aromatic N) is 1. The van der Waals surface area contributed by atoms with Crippen molar-refractivity contribution in [2.75, 3.05) is 18.4 Å². The second kappa shape index (κ2) is 10.1. The molecular weight excluding hydrogens is 462 g/mol. The normalized spacial score (nSPS) is 15.6. The van der Waals surface area contributed by atoms with Crippen molar-refractivity contribution in [1.29, 1.82) is 0 Å². The van der Waals surface area contributed by atoms with Gasteiger partial charge in [0.1, 0.15) is 0 Å². The molecule has 35 heavy (non-hydrogen) atoms. The molecule has 8 heteroatoms. The summed E-state index contributed by atoms with van der Waals surface area (Å²) >= 11 is 0. The minimum absolute atomic E-state index is 0.132. The van der Waals surface area contributed by atoms with E-state index in [1.165, 1.54) is 4.31 Å². The predicted molar refractivity (Wildman–Crippen MR) is 139 cm³/mol. The highest BCUT2D eigenvalue weighted by atomic mass is 32.2. The molecule has 2 amide bonds. The van der Waals surface area contributed by atoms with E-state index >= 15 is 0 Å². The number of carbonyl (C=O) groups is 2. The first kappa shape index (κ1) is 26.9. The lowest BCUT2D eigenvalue weighted by Gasteiger charge is -2.31. The van der Waals surface area contributed by atoms with Crippen LogP contribution in [0.3, 0.4) is 0 Å². The molecule has 1 saturated heterocycles. The summed E-state index contributed by atoms with van der Waals surface area (Å²) in [4.78, 5) is 25.5. The maximum Gasteiger partial charge on any atom is 0.251 e. The van der Waals surface area contributed by atoms with Crippen molar-refractivity contribution in [2.24, 2.45) is 5.92 Å². The summed E-state index contributed by atoms with van der Waals surface area (Å²) in [5, 5.41) is 5.81. The maximum absolute atomic E-state index is 13.5. The number of hydrogen-bond acceptors (Lipinski definition) is 4. The number of anilines is 1. The molecule has 0 aliphatic carbocycles. The Hall–Kier alpha value is -2.71. The highest BCUT2D eigenvalue weighted by Gasteiger charge is 2.34. The molecule has 2 N–H and O–H groups in total. The van der Waals surface area contributed by atoms with E-state index in [4.69, 9.17) is 0 Å². The van der Waals surface area contributed by atoms with Crippen LogP contribution in [0.25, 0.3) is 0 Å². The molecule has 2 aromatic rings. The van der Waals surface area contributed by atoms with E-state index in [1.54, 1.807) is 24.3 Å². The lowest BCUT2D eigenvalue weighted by Crippen LogP contribution is -2.42. The van der Waals surface area contributed by atoms with Gasteiger partial charge in [-0.05, 0) is 108 Å². The van der Waals surface area contributed by atoms with E-state index < -0.39 is 10.0 Å². The molecule has 0 saturated carbocycles. The smallest absolute Gasteiger partial charge is 0.251 e. The van der Waals surface area contributed by atoms with Gasteiger partial charge in [-0.2, -0.15) is 4.31 Å². The molecule has 0 spiro atoms. The average Bonchev–Trinajstić information content (AvgIpc) is 2.77. The maximum atomic E-state index is 13.5. The highest BCUT2D eigenvalue weighted by molar-refractivity contribution is 7.89. The van der Waals surface area contributed by atoms with E-state index in [-0.39, 0.29) is 23.3 Å². The molecule has 0 aromatic heterocycles. The fourth-order valence-electron chi connectivity index (χ4n) is 4.42. The number of hydrogen-bond donors (Lipinski definition) is 2. The quantitative estimate of drug-likeness (QED) is 0.634. The van der Waals surface area contributed by atoms with Crippen molar-refractivity contribution in [3.63, 3.8) is 0 Å². The van der Waals surface area contributed by atoms with Crippen molar-refractivity contribution in [3.8, 4) is 0 Å². The number of carbonyl (C=O) groups excluding carboxylic acids is 2. The van der Waals surface area contributed by atoms with Gasteiger partial charge in [-0.3, -0.25) is 9.59 Å². The van der Waals surface area contributed by atoms with Gasteiger partial charge in [-0.15, -0.1) is 0 Å². The summed E-state index contributed by atoms with van der Waals surface area (Å²) in [7, 11) is -3.64. The minimum Gasteiger partial charge on any atom is -0.347 e. The van der Waals surface area contributed by atoms with Crippen molar-refractivity contribution in [2.45, 2.75) is 71.7 Å². The second-order valence-corrected chi connectivity index (χ2v) is 12.4. The molecule has 0 radical (unpaired) electrons. The summed E-state index contributed by atoms with van der Waals surface area (Å²) < 4.78 is 28.4. The van der Waals surface area contributed by atoms with Crippen LogP contribution < -0.4 is 10.6 Å². The first-order chi connectivity index (χ1) is 16.2. The zero-order valence-electron chi connectivity index (χ0n) is 21.8. The molecule has 190 valence electrons. The first-order valence-corrected chi connectivity index (χ1v) is 13.5. The van der Waals surface area contributed by atoms with Gasteiger partial charge in [-0.1, -0.05) is 6.07 Å².